The van der Waals surface area contributed by atoms with Gasteiger partial charge in [-0.15, -0.1) is 0 Å². The zero-order valence-electron chi connectivity index (χ0n) is 10.4. The number of hydrogen-bond donors (Lipinski definition) is 3. The van der Waals surface area contributed by atoms with E-state index in [9.17, 15) is 4.79 Å². The fraction of sp³-hybridized carbons (Fsp3) is 0. The molecule has 0 fully saturated rings. The molecule has 0 aliphatic carbocycles. The Balaban J connectivity index is 1.90. The van der Waals surface area contributed by atoms with Crippen molar-refractivity contribution in [2.45, 2.75) is 0 Å². The van der Waals surface area contributed by atoms with Crippen molar-refractivity contribution < 1.29 is 4.79 Å². The number of nitrogen functional groups attached to an aromatic ring is 1. The van der Waals surface area contributed by atoms with Crippen molar-refractivity contribution in [1.82, 2.24) is 9.97 Å². The summed E-state index contributed by atoms with van der Waals surface area (Å²) in [4.78, 5) is 19.4. The highest BCUT2D eigenvalue weighted by atomic mass is 35.5. The number of benzene rings is 2. The lowest BCUT2D eigenvalue weighted by Crippen LogP contribution is -2.14. The molecule has 1 heterocycles. The SMILES string of the molecule is Nc1ccc(Cl)cc1C(=O)Nc1nc2ccccc2[nH]1. The first-order chi connectivity index (χ1) is 9.63. The van der Waals surface area contributed by atoms with Gasteiger partial charge in [0.05, 0.1) is 16.6 Å². The Hall–Kier alpha value is -2.53. The number of imidazole rings is 1. The van der Waals surface area contributed by atoms with Gasteiger partial charge < -0.3 is 10.7 Å². The second-order valence-corrected chi connectivity index (χ2v) is 4.72. The maximum absolute atomic E-state index is 12.2. The maximum atomic E-state index is 12.2. The lowest BCUT2D eigenvalue weighted by Gasteiger charge is -2.05. The number of carbonyl (C=O) groups excluding carboxylic acids is 1. The van der Waals surface area contributed by atoms with E-state index < -0.39 is 0 Å². The number of hydrogen-bond acceptors (Lipinski definition) is 3. The second kappa shape index (κ2) is 4.86. The molecule has 6 heteroatoms. The van der Waals surface area contributed by atoms with E-state index in [1.54, 1.807) is 12.1 Å². The summed E-state index contributed by atoms with van der Waals surface area (Å²) in [7, 11) is 0. The fourth-order valence-electron chi connectivity index (χ4n) is 1.91. The molecule has 0 saturated heterocycles. The van der Waals surface area contributed by atoms with Crippen molar-refractivity contribution in [3.8, 4) is 0 Å². The number of aromatic nitrogens is 2. The number of halogens is 1. The molecule has 20 heavy (non-hydrogen) atoms. The highest BCUT2D eigenvalue weighted by Crippen LogP contribution is 2.20. The minimum atomic E-state index is -0.357. The van der Waals surface area contributed by atoms with Gasteiger partial charge >= 0.3 is 0 Å². The Morgan fingerprint density at radius 3 is 2.85 bits per heavy atom. The number of H-pyrrole nitrogens is 1. The Morgan fingerprint density at radius 1 is 1.25 bits per heavy atom. The summed E-state index contributed by atoms with van der Waals surface area (Å²) in [5, 5.41) is 3.12. The van der Waals surface area contributed by atoms with Gasteiger partial charge in [0, 0.05) is 10.7 Å². The largest absolute Gasteiger partial charge is 0.398 e. The number of carbonyl (C=O) groups is 1. The van der Waals surface area contributed by atoms with Gasteiger partial charge in [0.1, 0.15) is 0 Å². The van der Waals surface area contributed by atoms with Gasteiger partial charge in [-0.2, -0.15) is 0 Å². The molecule has 2 aromatic carbocycles. The molecule has 5 nitrogen and oxygen atoms in total. The number of nitrogens with zero attached hydrogens (tertiary/aromatic N) is 1. The smallest absolute Gasteiger partial charge is 0.260 e. The van der Waals surface area contributed by atoms with Crippen molar-refractivity contribution in [2.75, 3.05) is 11.1 Å². The van der Waals surface area contributed by atoms with Crippen LogP contribution in [0.25, 0.3) is 11.0 Å². The fourth-order valence-corrected chi connectivity index (χ4v) is 2.08. The van der Waals surface area contributed by atoms with Crippen molar-refractivity contribution in [2.24, 2.45) is 0 Å². The third kappa shape index (κ3) is 2.31. The first kappa shape index (κ1) is 12.5. The van der Waals surface area contributed by atoms with Crippen LogP contribution in [-0.4, -0.2) is 15.9 Å². The maximum Gasteiger partial charge on any atom is 0.260 e. The Bertz CT molecular complexity index is 764. The van der Waals surface area contributed by atoms with Crippen LogP contribution in [0.15, 0.2) is 42.5 Å². The van der Waals surface area contributed by atoms with Gasteiger partial charge in [0.25, 0.3) is 5.91 Å². The third-order valence-corrected chi connectivity index (χ3v) is 3.12. The number of rotatable bonds is 2. The number of anilines is 2. The lowest BCUT2D eigenvalue weighted by atomic mass is 10.1. The van der Waals surface area contributed by atoms with Gasteiger partial charge in [-0.1, -0.05) is 23.7 Å². The Kier molecular flexibility index (Phi) is 3.04. The summed E-state index contributed by atoms with van der Waals surface area (Å²) in [5.74, 6) is 0.0135. The van der Waals surface area contributed by atoms with Crippen molar-refractivity contribution in [3.63, 3.8) is 0 Å². The number of aromatic amines is 1. The molecule has 1 aromatic heterocycles. The summed E-state index contributed by atoms with van der Waals surface area (Å²) in [5.41, 5.74) is 8.08. The van der Waals surface area contributed by atoms with Gasteiger partial charge in [-0.05, 0) is 30.3 Å². The van der Waals surface area contributed by atoms with Gasteiger partial charge in [-0.3, -0.25) is 10.1 Å². The molecule has 1 amide bonds. The van der Waals surface area contributed by atoms with E-state index in [2.05, 4.69) is 15.3 Å². The van der Waals surface area contributed by atoms with Gasteiger partial charge in [0.2, 0.25) is 5.95 Å². The van der Waals surface area contributed by atoms with Gasteiger partial charge in [0.15, 0.2) is 0 Å². The van der Waals surface area contributed by atoms with Gasteiger partial charge in [-0.25, -0.2) is 4.98 Å². The molecule has 0 unspecified atom stereocenters. The van der Waals surface area contributed by atoms with E-state index in [-0.39, 0.29) is 5.91 Å². The molecule has 0 bridgehead atoms. The topological polar surface area (TPSA) is 83.8 Å². The van der Waals surface area contributed by atoms with Crippen LogP contribution in [0.2, 0.25) is 5.02 Å². The van der Waals surface area contributed by atoms with Crippen LogP contribution in [0.1, 0.15) is 10.4 Å². The van der Waals surface area contributed by atoms with E-state index in [0.717, 1.165) is 11.0 Å². The molecular formula is C14H11ClN4O. The van der Waals surface area contributed by atoms with Crippen molar-refractivity contribution in [3.05, 3.63) is 53.1 Å². The zero-order chi connectivity index (χ0) is 14.1. The molecular weight excluding hydrogens is 276 g/mol. The predicted octanol–water partition coefficient (Wildman–Crippen LogP) is 3.05. The second-order valence-electron chi connectivity index (χ2n) is 4.29. The molecule has 0 aliphatic heterocycles. The summed E-state index contributed by atoms with van der Waals surface area (Å²) >= 11 is 5.87. The third-order valence-electron chi connectivity index (χ3n) is 2.88. The van der Waals surface area contributed by atoms with Crippen molar-refractivity contribution >= 4 is 40.2 Å². The molecule has 0 saturated carbocycles. The van der Waals surface area contributed by atoms with Crippen LogP contribution in [0.4, 0.5) is 11.6 Å². The van der Waals surface area contributed by atoms with E-state index in [4.69, 9.17) is 17.3 Å². The van der Waals surface area contributed by atoms with Crippen LogP contribution in [0.3, 0.4) is 0 Å². The molecule has 0 spiro atoms. The molecule has 0 radical (unpaired) electrons. The quantitative estimate of drug-likeness (QED) is 0.633. The molecule has 4 N–H and O–H groups in total. The van der Waals surface area contributed by atoms with Crippen LogP contribution in [-0.2, 0) is 0 Å². The average Bonchev–Trinajstić information content (AvgIpc) is 2.83. The van der Waals surface area contributed by atoms with Crippen LogP contribution in [0, 0.1) is 0 Å². The first-order valence-corrected chi connectivity index (χ1v) is 6.32. The molecule has 3 rings (SSSR count). The van der Waals surface area contributed by atoms with Crippen LogP contribution < -0.4 is 11.1 Å². The highest BCUT2D eigenvalue weighted by Gasteiger charge is 2.12. The van der Waals surface area contributed by atoms with E-state index in [1.807, 2.05) is 24.3 Å². The number of para-hydroxylation sites is 2. The summed E-state index contributed by atoms with van der Waals surface area (Å²) < 4.78 is 0. The first-order valence-electron chi connectivity index (χ1n) is 5.94. The van der Waals surface area contributed by atoms with Crippen LogP contribution in [0.5, 0.6) is 0 Å². The van der Waals surface area contributed by atoms with E-state index >= 15 is 0 Å². The predicted molar refractivity (Wildman–Crippen MR) is 79.9 cm³/mol. The summed E-state index contributed by atoms with van der Waals surface area (Å²) in [6, 6.07) is 12.3. The van der Waals surface area contributed by atoms with E-state index in [1.165, 1.54) is 6.07 Å². The zero-order valence-corrected chi connectivity index (χ0v) is 11.1. The molecule has 0 atom stereocenters. The highest BCUT2D eigenvalue weighted by molar-refractivity contribution is 6.31. The van der Waals surface area contributed by atoms with Crippen LogP contribution >= 0.6 is 11.6 Å². The minimum absolute atomic E-state index is 0.318. The minimum Gasteiger partial charge on any atom is -0.398 e. The summed E-state index contributed by atoms with van der Waals surface area (Å²) in [6.07, 6.45) is 0. The Labute approximate surface area is 119 Å². The standard InChI is InChI=1S/C14H11ClN4O/c15-8-5-6-10(16)9(7-8)13(20)19-14-17-11-3-1-2-4-12(11)18-14/h1-7H,16H2,(H2,17,18,19,20). The van der Waals surface area contributed by atoms with Crippen molar-refractivity contribution in [1.29, 1.82) is 0 Å². The number of nitrogens with one attached hydrogen (secondary N) is 2. The number of fused-ring (bicyclic) bond motifs is 1. The number of nitrogens with two attached hydrogens (primary N) is 1. The molecule has 100 valence electrons. The molecule has 0 aliphatic rings. The normalized spacial score (nSPS) is 10.7. The number of amides is 1. The average molecular weight is 287 g/mol. The van der Waals surface area contributed by atoms with E-state index in [0.29, 0.717) is 22.2 Å². The monoisotopic (exact) mass is 286 g/mol. The Morgan fingerprint density at radius 2 is 2.05 bits per heavy atom. The summed E-state index contributed by atoms with van der Waals surface area (Å²) in [6.45, 7) is 0. The lowest BCUT2D eigenvalue weighted by molar-refractivity contribution is 0.102. The molecule has 3 aromatic rings.